The van der Waals surface area contributed by atoms with E-state index in [-0.39, 0.29) is 0 Å². The maximum atomic E-state index is 4.11. The molecule has 0 amide bonds. The van der Waals surface area contributed by atoms with Crippen molar-refractivity contribution in [2.75, 3.05) is 5.32 Å². The Labute approximate surface area is 107 Å². The standard InChI is InChI=1S/C14H18N2S/c1-9-8-15-6-5-14(9)16-11(3)13-7-10(2)17-12(13)4/h5-8,11H,1-4H3,(H,15,16). The highest BCUT2D eigenvalue weighted by atomic mass is 32.1. The van der Waals surface area contributed by atoms with Crippen molar-refractivity contribution in [2.45, 2.75) is 33.7 Å². The van der Waals surface area contributed by atoms with Crippen LogP contribution in [0.4, 0.5) is 5.69 Å². The van der Waals surface area contributed by atoms with E-state index in [1.807, 2.05) is 29.8 Å². The van der Waals surface area contributed by atoms with E-state index >= 15 is 0 Å². The molecule has 0 radical (unpaired) electrons. The van der Waals surface area contributed by atoms with Crippen LogP contribution in [0.15, 0.2) is 24.5 Å². The highest BCUT2D eigenvalue weighted by Gasteiger charge is 2.11. The second kappa shape index (κ2) is 4.88. The van der Waals surface area contributed by atoms with Gasteiger partial charge in [0.05, 0.1) is 0 Å². The molecule has 2 rings (SSSR count). The summed E-state index contributed by atoms with van der Waals surface area (Å²) >= 11 is 1.86. The van der Waals surface area contributed by atoms with E-state index in [0.717, 1.165) is 5.69 Å². The van der Waals surface area contributed by atoms with Crippen molar-refractivity contribution in [3.05, 3.63) is 45.4 Å². The smallest absolute Gasteiger partial charge is 0.0496 e. The lowest BCUT2D eigenvalue weighted by Gasteiger charge is -2.16. The third-order valence-electron chi connectivity index (χ3n) is 2.94. The van der Waals surface area contributed by atoms with Gasteiger partial charge in [0.15, 0.2) is 0 Å². The molecule has 0 saturated heterocycles. The Hall–Kier alpha value is -1.35. The number of thiophene rings is 1. The number of hydrogen-bond donors (Lipinski definition) is 1. The zero-order valence-electron chi connectivity index (χ0n) is 10.7. The second-order valence-electron chi connectivity index (χ2n) is 4.43. The Bertz CT molecular complexity index is 517. The predicted molar refractivity (Wildman–Crippen MR) is 74.8 cm³/mol. The van der Waals surface area contributed by atoms with Crippen LogP contribution in [0.2, 0.25) is 0 Å². The van der Waals surface area contributed by atoms with Gasteiger partial charge in [-0.1, -0.05) is 0 Å². The van der Waals surface area contributed by atoms with Gasteiger partial charge in [-0.3, -0.25) is 4.98 Å². The number of nitrogens with zero attached hydrogens (tertiary/aromatic N) is 1. The number of nitrogens with one attached hydrogen (secondary N) is 1. The van der Waals surface area contributed by atoms with Crippen LogP contribution in [-0.2, 0) is 0 Å². The van der Waals surface area contributed by atoms with Gasteiger partial charge >= 0.3 is 0 Å². The first-order chi connectivity index (χ1) is 8.08. The Kier molecular flexibility index (Phi) is 3.48. The van der Waals surface area contributed by atoms with Crippen LogP contribution in [0.5, 0.6) is 0 Å². The molecule has 0 spiro atoms. The summed E-state index contributed by atoms with van der Waals surface area (Å²) in [6.45, 7) is 8.62. The number of aromatic nitrogens is 1. The van der Waals surface area contributed by atoms with Crippen LogP contribution >= 0.6 is 11.3 Å². The molecule has 3 heteroatoms. The first kappa shape index (κ1) is 12.1. The maximum Gasteiger partial charge on any atom is 0.0496 e. The van der Waals surface area contributed by atoms with E-state index < -0.39 is 0 Å². The molecule has 2 heterocycles. The summed E-state index contributed by atoms with van der Waals surface area (Å²) in [6.07, 6.45) is 3.72. The van der Waals surface area contributed by atoms with E-state index in [1.165, 1.54) is 20.9 Å². The van der Waals surface area contributed by atoms with Gasteiger partial charge in [0.2, 0.25) is 0 Å². The molecule has 0 aliphatic rings. The Morgan fingerprint density at radius 1 is 1.29 bits per heavy atom. The van der Waals surface area contributed by atoms with E-state index in [0.29, 0.717) is 6.04 Å². The molecule has 0 bridgehead atoms. The van der Waals surface area contributed by atoms with Crippen LogP contribution in [0.25, 0.3) is 0 Å². The van der Waals surface area contributed by atoms with E-state index in [1.54, 1.807) is 0 Å². The molecule has 1 atom stereocenters. The van der Waals surface area contributed by atoms with Gasteiger partial charge in [0.1, 0.15) is 0 Å². The van der Waals surface area contributed by atoms with Crippen molar-refractivity contribution in [1.82, 2.24) is 4.98 Å². The molecule has 17 heavy (non-hydrogen) atoms. The van der Waals surface area contributed by atoms with Crippen molar-refractivity contribution < 1.29 is 0 Å². The summed E-state index contributed by atoms with van der Waals surface area (Å²) in [4.78, 5) is 6.88. The van der Waals surface area contributed by atoms with Crippen LogP contribution in [-0.4, -0.2) is 4.98 Å². The molecule has 2 aromatic rings. The highest BCUT2D eigenvalue weighted by molar-refractivity contribution is 7.12. The Morgan fingerprint density at radius 2 is 2.06 bits per heavy atom. The van der Waals surface area contributed by atoms with Gasteiger partial charge in [0, 0.05) is 33.9 Å². The molecule has 90 valence electrons. The molecule has 1 N–H and O–H groups in total. The SMILES string of the molecule is Cc1cc(C(C)Nc2ccncc2C)c(C)s1. The third kappa shape index (κ3) is 2.67. The normalized spacial score (nSPS) is 12.5. The maximum absolute atomic E-state index is 4.11. The fourth-order valence-corrected chi connectivity index (χ4v) is 3.05. The van der Waals surface area contributed by atoms with Gasteiger partial charge < -0.3 is 5.32 Å². The Morgan fingerprint density at radius 3 is 2.65 bits per heavy atom. The van der Waals surface area contributed by atoms with Crippen molar-refractivity contribution in [3.8, 4) is 0 Å². The molecule has 0 fully saturated rings. The summed E-state index contributed by atoms with van der Waals surface area (Å²) in [5, 5.41) is 3.55. The highest BCUT2D eigenvalue weighted by Crippen LogP contribution is 2.29. The van der Waals surface area contributed by atoms with Gasteiger partial charge in [-0.15, -0.1) is 11.3 Å². The number of hydrogen-bond acceptors (Lipinski definition) is 3. The van der Waals surface area contributed by atoms with Crippen molar-refractivity contribution in [2.24, 2.45) is 0 Å². The van der Waals surface area contributed by atoms with Gasteiger partial charge in [-0.25, -0.2) is 0 Å². The topological polar surface area (TPSA) is 24.9 Å². The van der Waals surface area contributed by atoms with E-state index in [2.05, 4.69) is 44.1 Å². The molecular formula is C14H18N2S. The minimum absolute atomic E-state index is 0.334. The second-order valence-corrected chi connectivity index (χ2v) is 5.89. The van der Waals surface area contributed by atoms with Crippen molar-refractivity contribution in [3.63, 3.8) is 0 Å². The molecule has 2 aromatic heterocycles. The summed E-state index contributed by atoms with van der Waals surface area (Å²) in [5.74, 6) is 0. The van der Waals surface area contributed by atoms with Crippen molar-refractivity contribution in [1.29, 1.82) is 0 Å². The fraction of sp³-hybridized carbons (Fsp3) is 0.357. The zero-order valence-corrected chi connectivity index (χ0v) is 11.6. The Balaban J connectivity index is 2.20. The summed E-state index contributed by atoms with van der Waals surface area (Å²) in [6, 6.07) is 4.63. The van der Waals surface area contributed by atoms with E-state index in [4.69, 9.17) is 0 Å². The first-order valence-corrected chi connectivity index (χ1v) is 6.63. The quantitative estimate of drug-likeness (QED) is 0.876. The van der Waals surface area contributed by atoms with Crippen LogP contribution < -0.4 is 5.32 Å². The third-order valence-corrected chi connectivity index (χ3v) is 3.92. The van der Waals surface area contributed by atoms with Gasteiger partial charge in [-0.05, 0) is 51.0 Å². The molecule has 2 nitrogen and oxygen atoms in total. The average Bonchev–Trinajstić information content (AvgIpc) is 2.61. The first-order valence-electron chi connectivity index (χ1n) is 5.82. The monoisotopic (exact) mass is 246 g/mol. The lowest BCUT2D eigenvalue weighted by Crippen LogP contribution is -2.07. The van der Waals surface area contributed by atoms with Gasteiger partial charge in [0.25, 0.3) is 0 Å². The molecule has 1 unspecified atom stereocenters. The number of anilines is 1. The van der Waals surface area contributed by atoms with Crippen LogP contribution in [0, 0.1) is 20.8 Å². The molecule has 0 aliphatic carbocycles. The number of rotatable bonds is 3. The fourth-order valence-electron chi connectivity index (χ4n) is 2.03. The number of aryl methyl sites for hydroxylation is 3. The predicted octanol–water partition coefficient (Wildman–Crippen LogP) is 4.24. The largest absolute Gasteiger partial charge is 0.378 e. The average molecular weight is 246 g/mol. The van der Waals surface area contributed by atoms with Gasteiger partial charge in [-0.2, -0.15) is 0 Å². The van der Waals surface area contributed by atoms with E-state index in [9.17, 15) is 0 Å². The summed E-state index contributed by atoms with van der Waals surface area (Å²) in [5.41, 5.74) is 3.74. The van der Waals surface area contributed by atoms with Crippen molar-refractivity contribution >= 4 is 17.0 Å². The number of pyridine rings is 1. The zero-order chi connectivity index (χ0) is 12.4. The minimum atomic E-state index is 0.334. The minimum Gasteiger partial charge on any atom is -0.378 e. The van der Waals surface area contributed by atoms with Crippen LogP contribution in [0.1, 0.15) is 33.8 Å². The summed E-state index contributed by atoms with van der Waals surface area (Å²) in [7, 11) is 0. The lowest BCUT2D eigenvalue weighted by atomic mass is 10.1. The summed E-state index contributed by atoms with van der Waals surface area (Å²) < 4.78 is 0. The van der Waals surface area contributed by atoms with Crippen LogP contribution in [0.3, 0.4) is 0 Å². The molecular weight excluding hydrogens is 228 g/mol. The lowest BCUT2D eigenvalue weighted by molar-refractivity contribution is 0.878. The molecule has 0 aliphatic heterocycles. The molecule has 0 saturated carbocycles. The molecule has 0 aromatic carbocycles.